The fourth-order valence-electron chi connectivity index (χ4n) is 2.11. The summed E-state index contributed by atoms with van der Waals surface area (Å²) in [6.45, 7) is 0. The normalized spacial score (nSPS) is 12.0. The second-order valence-corrected chi connectivity index (χ2v) is 3.96. The summed E-state index contributed by atoms with van der Waals surface area (Å²) < 4.78 is 5.34. The van der Waals surface area contributed by atoms with Crippen LogP contribution < -0.4 is 0 Å². The number of hydrogen-bond donors (Lipinski definition) is 0. The maximum Gasteiger partial charge on any atom is 0.163 e. The van der Waals surface area contributed by atoms with Gasteiger partial charge < -0.3 is 4.74 Å². The van der Waals surface area contributed by atoms with Crippen LogP contribution in [0.5, 0.6) is 0 Å². The Balaban J connectivity index is 2.60. The van der Waals surface area contributed by atoms with E-state index in [4.69, 9.17) is 15.3 Å². The van der Waals surface area contributed by atoms with Gasteiger partial charge in [0, 0.05) is 7.11 Å². The minimum atomic E-state index is -0.805. The molecule has 0 bridgehead atoms. The lowest BCUT2D eigenvalue weighted by atomic mass is 9.93. The molecular formula is C15H12N2O. The smallest absolute Gasteiger partial charge is 0.163 e. The van der Waals surface area contributed by atoms with Crippen LogP contribution in [0.1, 0.15) is 11.7 Å². The van der Waals surface area contributed by atoms with E-state index >= 15 is 0 Å². The molecule has 0 aliphatic carbocycles. The van der Waals surface area contributed by atoms with E-state index in [1.807, 2.05) is 54.6 Å². The molecule has 0 amide bonds. The summed E-state index contributed by atoms with van der Waals surface area (Å²) in [5.41, 5.74) is 0.878. The van der Waals surface area contributed by atoms with Gasteiger partial charge in [0.25, 0.3) is 0 Å². The molecule has 0 aromatic heterocycles. The first-order valence-electron chi connectivity index (χ1n) is 5.61. The fourth-order valence-corrected chi connectivity index (χ4v) is 2.11. The number of nitriles is 2. The van der Waals surface area contributed by atoms with Gasteiger partial charge in [0.2, 0.25) is 0 Å². The van der Waals surface area contributed by atoms with Gasteiger partial charge in [0.1, 0.15) is 6.10 Å². The van der Waals surface area contributed by atoms with Crippen LogP contribution in [0.25, 0.3) is 10.8 Å². The molecule has 0 spiro atoms. The van der Waals surface area contributed by atoms with Crippen LogP contribution in [0.4, 0.5) is 0 Å². The van der Waals surface area contributed by atoms with Crippen molar-refractivity contribution >= 4 is 10.8 Å². The molecule has 88 valence electrons. The van der Waals surface area contributed by atoms with Crippen molar-refractivity contribution in [2.24, 2.45) is 5.92 Å². The third kappa shape index (κ3) is 2.05. The van der Waals surface area contributed by atoms with Crippen LogP contribution in [0.15, 0.2) is 42.5 Å². The second-order valence-electron chi connectivity index (χ2n) is 3.96. The average molecular weight is 236 g/mol. The molecule has 18 heavy (non-hydrogen) atoms. The lowest BCUT2D eigenvalue weighted by Crippen LogP contribution is -2.12. The van der Waals surface area contributed by atoms with Crippen molar-refractivity contribution in [2.45, 2.75) is 6.10 Å². The van der Waals surface area contributed by atoms with Gasteiger partial charge in [-0.25, -0.2) is 0 Å². The molecule has 0 N–H and O–H groups in total. The number of nitrogens with zero attached hydrogens (tertiary/aromatic N) is 2. The van der Waals surface area contributed by atoms with Gasteiger partial charge in [-0.15, -0.1) is 0 Å². The van der Waals surface area contributed by atoms with E-state index in [2.05, 4.69) is 0 Å². The molecular weight excluding hydrogens is 224 g/mol. The monoisotopic (exact) mass is 236 g/mol. The summed E-state index contributed by atoms with van der Waals surface area (Å²) in [6.07, 6.45) is -0.522. The third-order valence-electron chi connectivity index (χ3n) is 2.96. The van der Waals surface area contributed by atoms with Gasteiger partial charge >= 0.3 is 0 Å². The Morgan fingerprint density at radius 3 is 2.33 bits per heavy atom. The number of benzene rings is 2. The molecule has 0 aliphatic rings. The molecule has 0 saturated heterocycles. The highest BCUT2D eigenvalue weighted by molar-refractivity contribution is 5.86. The lowest BCUT2D eigenvalue weighted by molar-refractivity contribution is 0.0879. The Labute approximate surface area is 106 Å². The summed E-state index contributed by atoms with van der Waals surface area (Å²) in [5.74, 6) is -0.805. The zero-order valence-electron chi connectivity index (χ0n) is 10.00. The predicted octanol–water partition coefficient (Wildman–Crippen LogP) is 3.19. The van der Waals surface area contributed by atoms with Crippen molar-refractivity contribution in [1.82, 2.24) is 0 Å². The van der Waals surface area contributed by atoms with Crippen molar-refractivity contribution in [1.29, 1.82) is 10.5 Å². The quantitative estimate of drug-likeness (QED) is 0.822. The molecule has 3 heteroatoms. The largest absolute Gasteiger partial charge is 0.374 e. The molecule has 3 nitrogen and oxygen atoms in total. The Morgan fingerprint density at radius 1 is 1.00 bits per heavy atom. The average Bonchev–Trinajstić information content (AvgIpc) is 2.44. The Hall–Kier alpha value is -2.36. The van der Waals surface area contributed by atoms with Crippen molar-refractivity contribution in [3.8, 4) is 12.1 Å². The molecule has 2 rings (SSSR count). The first-order chi connectivity index (χ1) is 8.81. The second kappa shape index (κ2) is 5.31. The van der Waals surface area contributed by atoms with E-state index in [0.717, 1.165) is 16.3 Å². The van der Waals surface area contributed by atoms with E-state index < -0.39 is 12.0 Å². The van der Waals surface area contributed by atoms with Gasteiger partial charge in [-0.1, -0.05) is 42.5 Å². The molecule has 0 unspecified atom stereocenters. The van der Waals surface area contributed by atoms with E-state index in [1.165, 1.54) is 7.11 Å². The zero-order valence-corrected chi connectivity index (χ0v) is 10.00. The minimum Gasteiger partial charge on any atom is -0.374 e. The van der Waals surface area contributed by atoms with E-state index in [1.54, 1.807) is 0 Å². The maximum atomic E-state index is 9.01. The number of hydrogen-bond acceptors (Lipinski definition) is 3. The van der Waals surface area contributed by atoms with E-state index in [-0.39, 0.29) is 0 Å². The topological polar surface area (TPSA) is 56.8 Å². The molecule has 1 atom stereocenters. The first kappa shape index (κ1) is 12.1. The van der Waals surface area contributed by atoms with E-state index in [0.29, 0.717) is 0 Å². The molecule has 0 saturated carbocycles. The number of methoxy groups -OCH3 is 1. The van der Waals surface area contributed by atoms with Gasteiger partial charge in [0.05, 0.1) is 12.1 Å². The summed E-state index contributed by atoms with van der Waals surface area (Å²) in [7, 11) is 1.52. The van der Waals surface area contributed by atoms with Crippen molar-refractivity contribution in [3.63, 3.8) is 0 Å². The highest BCUT2D eigenvalue weighted by Crippen LogP contribution is 2.30. The highest BCUT2D eigenvalue weighted by atomic mass is 16.5. The number of fused-ring (bicyclic) bond motifs is 1. The SMILES string of the molecule is CO[C@@H](c1cccc2ccccc12)C(C#N)C#N. The van der Waals surface area contributed by atoms with Crippen molar-refractivity contribution < 1.29 is 4.74 Å². The van der Waals surface area contributed by atoms with Crippen LogP contribution in [0.3, 0.4) is 0 Å². The first-order valence-corrected chi connectivity index (χ1v) is 5.61. The van der Waals surface area contributed by atoms with Gasteiger partial charge in [-0.05, 0) is 16.3 Å². The summed E-state index contributed by atoms with van der Waals surface area (Å²) in [4.78, 5) is 0. The summed E-state index contributed by atoms with van der Waals surface area (Å²) in [6, 6.07) is 17.6. The molecule has 0 heterocycles. The fraction of sp³-hybridized carbons (Fsp3) is 0.200. The number of rotatable bonds is 3. The molecule has 0 fully saturated rings. The maximum absolute atomic E-state index is 9.01. The van der Waals surface area contributed by atoms with Crippen LogP contribution in [0, 0.1) is 28.6 Å². The van der Waals surface area contributed by atoms with Crippen LogP contribution in [-0.4, -0.2) is 7.11 Å². The molecule has 0 aliphatic heterocycles. The van der Waals surface area contributed by atoms with Crippen LogP contribution >= 0.6 is 0 Å². The summed E-state index contributed by atoms with van der Waals surface area (Å²) >= 11 is 0. The van der Waals surface area contributed by atoms with Gasteiger partial charge in [0.15, 0.2) is 5.92 Å². The van der Waals surface area contributed by atoms with Crippen molar-refractivity contribution in [3.05, 3.63) is 48.0 Å². The lowest BCUT2D eigenvalue weighted by Gasteiger charge is -2.18. The molecule has 0 radical (unpaired) electrons. The Bertz CT molecular complexity index is 617. The van der Waals surface area contributed by atoms with E-state index in [9.17, 15) is 0 Å². The van der Waals surface area contributed by atoms with Crippen LogP contribution in [-0.2, 0) is 4.74 Å². The third-order valence-corrected chi connectivity index (χ3v) is 2.96. The molecule has 2 aromatic rings. The standard InChI is InChI=1S/C15H12N2O/c1-18-15(12(9-16)10-17)14-8-4-6-11-5-2-3-7-13(11)14/h2-8,12,15H,1H3/t15-/m1/s1. The Kier molecular flexibility index (Phi) is 3.57. The van der Waals surface area contributed by atoms with Gasteiger partial charge in [-0.3, -0.25) is 0 Å². The summed E-state index contributed by atoms with van der Waals surface area (Å²) in [5, 5.41) is 20.1. The van der Waals surface area contributed by atoms with Crippen molar-refractivity contribution in [2.75, 3.05) is 7.11 Å². The predicted molar refractivity (Wildman–Crippen MR) is 68.4 cm³/mol. The highest BCUT2D eigenvalue weighted by Gasteiger charge is 2.24. The zero-order chi connectivity index (χ0) is 13.0. The van der Waals surface area contributed by atoms with Gasteiger partial charge in [-0.2, -0.15) is 10.5 Å². The van der Waals surface area contributed by atoms with Crippen LogP contribution in [0.2, 0.25) is 0 Å². The minimum absolute atomic E-state index is 0.522. The Morgan fingerprint density at radius 2 is 1.67 bits per heavy atom. The number of ether oxygens (including phenoxy) is 1. The molecule has 2 aromatic carbocycles.